The molecule has 0 spiro atoms. The normalized spacial score (nSPS) is 16.4. The van der Waals surface area contributed by atoms with E-state index in [0.717, 1.165) is 36.8 Å². The molecule has 0 unspecified atom stereocenters. The van der Waals surface area contributed by atoms with Gasteiger partial charge in [0, 0.05) is 12.5 Å². The van der Waals surface area contributed by atoms with E-state index in [1.807, 2.05) is 31.2 Å². The smallest absolute Gasteiger partial charge is 0.221 e. The van der Waals surface area contributed by atoms with Gasteiger partial charge in [-0.1, -0.05) is 49.1 Å². The van der Waals surface area contributed by atoms with Gasteiger partial charge in [-0.15, -0.1) is 0 Å². The molecule has 4 nitrogen and oxygen atoms in total. The zero-order valence-electron chi connectivity index (χ0n) is 13.2. The number of carbonyl (C=O) groups is 1. The van der Waals surface area contributed by atoms with Crippen LogP contribution in [-0.4, -0.2) is 26.1 Å². The molecule has 1 aliphatic carbocycles. The van der Waals surface area contributed by atoms with Crippen molar-refractivity contribution in [1.82, 2.24) is 5.32 Å². The lowest BCUT2D eigenvalue weighted by atomic mass is 9.95. The van der Waals surface area contributed by atoms with Crippen molar-refractivity contribution in [3.63, 3.8) is 0 Å². The van der Waals surface area contributed by atoms with Gasteiger partial charge in [0.1, 0.15) is 0 Å². The average molecular weight is 323 g/mol. The highest BCUT2D eigenvalue weighted by atomic mass is 32.2. The second-order valence-electron chi connectivity index (χ2n) is 6.23. The van der Waals surface area contributed by atoms with Crippen LogP contribution in [0.25, 0.3) is 0 Å². The largest absolute Gasteiger partial charge is 0.353 e. The molecule has 0 saturated heterocycles. The van der Waals surface area contributed by atoms with Gasteiger partial charge in [-0.05, 0) is 25.3 Å². The van der Waals surface area contributed by atoms with Crippen molar-refractivity contribution in [1.29, 1.82) is 0 Å². The van der Waals surface area contributed by atoms with Gasteiger partial charge in [0.15, 0.2) is 9.84 Å². The summed E-state index contributed by atoms with van der Waals surface area (Å²) in [5.74, 6) is -0.219. The zero-order valence-corrected chi connectivity index (χ0v) is 14.0. The zero-order chi connectivity index (χ0) is 16.0. The molecule has 1 N–H and O–H groups in total. The molecule has 1 aromatic rings. The lowest BCUT2D eigenvalue weighted by Gasteiger charge is -2.22. The van der Waals surface area contributed by atoms with Crippen LogP contribution < -0.4 is 5.32 Å². The van der Waals surface area contributed by atoms with Gasteiger partial charge < -0.3 is 5.32 Å². The third-order valence-electron chi connectivity index (χ3n) is 4.12. The van der Waals surface area contributed by atoms with Gasteiger partial charge in [-0.3, -0.25) is 4.79 Å². The molecule has 1 aromatic carbocycles. The minimum absolute atomic E-state index is 0.00396. The average Bonchev–Trinajstić information content (AvgIpc) is 2.49. The second kappa shape index (κ2) is 7.77. The van der Waals surface area contributed by atoms with E-state index in [1.54, 1.807) is 0 Å². The van der Waals surface area contributed by atoms with Crippen molar-refractivity contribution >= 4 is 15.7 Å². The summed E-state index contributed by atoms with van der Waals surface area (Å²) in [6.45, 7) is 1.97. The summed E-state index contributed by atoms with van der Waals surface area (Å²) in [6.07, 6.45) is 5.62. The van der Waals surface area contributed by atoms with Crippen molar-refractivity contribution in [2.24, 2.45) is 0 Å². The fraction of sp³-hybridized carbons (Fsp3) is 0.588. The lowest BCUT2D eigenvalue weighted by Crippen LogP contribution is -2.37. The van der Waals surface area contributed by atoms with Gasteiger partial charge in [0.2, 0.25) is 5.91 Å². The molecule has 2 rings (SSSR count). The van der Waals surface area contributed by atoms with Crippen LogP contribution in [0.5, 0.6) is 0 Å². The molecule has 0 aliphatic heterocycles. The van der Waals surface area contributed by atoms with Crippen LogP contribution in [0.3, 0.4) is 0 Å². The van der Waals surface area contributed by atoms with Crippen LogP contribution in [-0.2, 0) is 20.4 Å². The molecule has 1 saturated carbocycles. The van der Waals surface area contributed by atoms with Gasteiger partial charge in [0.25, 0.3) is 0 Å². The molecular weight excluding hydrogens is 298 g/mol. The summed E-state index contributed by atoms with van der Waals surface area (Å²) in [6, 6.07) is 7.70. The van der Waals surface area contributed by atoms with Gasteiger partial charge in [-0.25, -0.2) is 8.42 Å². The Balaban J connectivity index is 1.78. The molecule has 0 bridgehead atoms. The summed E-state index contributed by atoms with van der Waals surface area (Å²) in [7, 11) is -3.24. The molecule has 0 aromatic heterocycles. The number of sulfone groups is 1. The van der Waals surface area contributed by atoms with Crippen LogP contribution >= 0.6 is 0 Å². The Bertz CT molecular complexity index is 587. The molecule has 0 atom stereocenters. The summed E-state index contributed by atoms with van der Waals surface area (Å²) < 4.78 is 24.2. The van der Waals surface area contributed by atoms with E-state index >= 15 is 0 Å². The number of hydrogen-bond acceptors (Lipinski definition) is 3. The van der Waals surface area contributed by atoms with Crippen LogP contribution in [0.15, 0.2) is 24.3 Å². The van der Waals surface area contributed by atoms with Crippen molar-refractivity contribution in [3.8, 4) is 0 Å². The monoisotopic (exact) mass is 323 g/mol. The first kappa shape index (κ1) is 17.0. The fourth-order valence-electron chi connectivity index (χ4n) is 2.81. The number of rotatable bonds is 6. The fourth-order valence-corrected chi connectivity index (χ4v) is 4.15. The maximum Gasteiger partial charge on any atom is 0.221 e. The van der Waals surface area contributed by atoms with E-state index in [9.17, 15) is 13.2 Å². The number of carbonyl (C=O) groups excluding carboxylic acids is 1. The second-order valence-corrected chi connectivity index (χ2v) is 8.41. The SMILES string of the molecule is Cc1ccc(CS(=O)(=O)CCC(=O)NC2CCCCC2)cc1. The van der Waals surface area contributed by atoms with Gasteiger partial charge in [-0.2, -0.15) is 0 Å². The van der Waals surface area contributed by atoms with E-state index in [0.29, 0.717) is 0 Å². The number of amides is 1. The number of benzene rings is 1. The Morgan fingerprint density at radius 3 is 2.41 bits per heavy atom. The summed E-state index contributed by atoms with van der Waals surface area (Å²) in [5.41, 5.74) is 1.88. The molecule has 1 fully saturated rings. The first-order valence-electron chi connectivity index (χ1n) is 8.00. The molecule has 0 heterocycles. The Hall–Kier alpha value is -1.36. The standard InChI is InChI=1S/C17H25NO3S/c1-14-7-9-15(10-8-14)13-22(20,21)12-11-17(19)18-16-5-3-2-4-6-16/h7-10,16H,2-6,11-13H2,1H3,(H,18,19). The maximum atomic E-state index is 12.1. The molecule has 0 radical (unpaired) electrons. The van der Waals surface area contributed by atoms with E-state index in [-0.39, 0.29) is 29.9 Å². The van der Waals surface area contributed by atoms with Crippen molar-refractivity contribution in [2.45, 2.75) is 57.2 Å². The number of hydrogen-bond donors (Lipinski definition) is 1. The molecule has 5 heteroatoms. The first-order valence-corrected chi connectivity index (χ1v) is 9.82. The van der Waals surface area contributed by atoms with Gasteiger partial charge >= 0.3 is 0 Å². The van der Waals surface area contributed by atoms with E-state index in [4.69, 9.17) is 0 Å². The third-order valence-corrected chi connectivity index (χ3v) is 5.72. The predicted molar refractivity (Wildman–Crippen MR) is 88.3 cm³/mol. The highest BCUT2D eigenvalue weighted by Gasteiger charge is 2.18. The van der Waals surface area contributed by atoms with E-state index in [2.05, 4.69) is 5.32 Å². The summed E-state index contributed by atoms with van der Waals surface area (Å²) >= 11 is 0. The highest BCUT2D eigenvalue weighted by Crippen LogP contribution is 2.17. The number of nitrogens with one attached hydrogen (secondary N) is 1. The van der Waals surface area contributed by atoms with Crippen molar-refractivity contribution in [3.05, 3.63) is 35.4 Å². The Labute approximate surface area is 133 Å². The Morgan fingerprint density at radius 2 is 1.77 bits per heavy atom. The predicted octanol–water partition coefficient (Wildman–Crippen LogP) is 2.75. The minimum atomic E-state index is -3.24. The van der Waals surface area contributed by atoms with Crippen LogP contribution in [0.4, 0.5) is 0 Å². The van der Waals surface area contributed by atoms with Crippen LogP contribution in [0.1, 0.15) is 49.7 Å². The van der Waals surface area contributed by atoms with E-state index < -0.39 is 9.84 Å². The number of aryl methyl sites for hydroxylation is 1. The Morgan fingerprint density at radius 1 is 1.14 bits per heavy atom. The van der Waals surface area contributed by atoms with Gasteiger partial charge in [0.05, 0.1) is 11.5 Å². The highest BCUT2D eigenvalue weighted by molar-refractivity contribution is 7.90. The molecular formula is C17H25NO3S. The Kier molecular flexibility index (Phi) is 6.00. The molecule has 122 valence electrons. The maximum absolute atomic E-state index is 12.1. The van der Waals surface area contributed by atoms with Crippen LogP contribution in [0.2, 0.25) is 0 Å². The molecule has 1 aliphatic rings. The third kappa shape index (κ3) is 5.79. The molecule has 22 heavy (non-hydrogen) atoms. The van der Waals surface area contributed by atoms with E-state index in [1.165, 1.54) is 6.42 Å². The minimum Gasteiger partial charge on any atom is -0.353 e. The lowest BCUT2D eigenvalue weighted by molar-refractivity contribution is -0.121. The van der Waals surface area contributed by atoms with Crippen LogP contribution in [0, 0.1) is 6.92 Å². The topological polar surface area (TPSA) is 63.2 Å². The molecule has 1 amide bonds. The van der Waals surface area contributed by atoms with Crippen molar-refractivity contribution in [2.75, 3.05) is 5.75 Å². The summed E-state index contributed by atoms with van der Waals surface area (Å²) in [4.78, 5) is 11.9. The first-order chi connectivity index (χ1) is 10.4. The van der Waals surface area contributed by atoms with Crippen molar-refractivity contribution < 1.29 is 13.2 Å². The summed E-state index contributed by atoms with van der Waals surface area (Å²) in [5, 5.41) is 2.96. The quantitative estimate of drug-likeness (QED) is 0.875.